The molecule has 0 saturated carbocycles. The highest BCUT2D eigenvalue weighted by Crippen LogP contribution is 2.22. The molecule has 1 atom stereocenters. The van der Waals surface area contributed by atoms with Gasteiger partial charge in [-0.3, -0.25) is 4.31 Å². The second-order valence-electron chi connectivity index (χ2n) is 5.46. The van der Waals surface area contributed by atoms with Gasteiger partial charge in [0.2, 0.25) is 10.0 Å². The molecular weight excluding hydrogens is 288 g/mol. The Balaban J connectivity index is 2.19. The van der Waals surface area contributed by atoms with Crippen molar-refractivity contribution >= 4 is 15.7 Å². The van der Waals surface area contributed by atoms with E-state index in [0.717, 1.165) is 18.4 Å². The average molecular weight is 312 g/mol. The van der Waals surface area contributed by atoms with E-state index in [4.69, 9.17) is 10.5 Å². The molecule has 2 rings (SSSR count). The van der Waals surface area contributed by atoms with E-state index in [9.17, 15) is 8.42 Å². The number of anilines is 1. The summed E-state index contributed by atoms with van der Waals surface area (Å²) in [6, 6.07) is 7.54. The zero-order valence-corrected chi connectivity index (χ0v) is 13.3. The van der Waals surface area contributed by atoms with Crippen LogP contribution in [0.2, 0.25) is 0 Å². The molecule has 118 valence electrons. The van der Waals surface area contributed by atoms with Crippen molar-refractivity contribution in [1.29, 1.82) is 0 Å². The van der Waals surface area contributed by atoms with Crippen molar-refractivity contribution in [1.82, 2.24) is 0 Å². The lowest BCUT2D eigenvalue weighted by Gasteiger charge is -2.25. The number of nitrogens with zero attached hydrogens (tertiary/aromatic N) is 1. The molecule has 2 N–H and O–H groups in total. The molecule has 1 heterocycles. The van der Waals surface area contributed by atoms with E-state index in [1.54, 1.807) is 0 Å². The number of nitrogens with two attached hydrogens (primary N) is 1. The summed E-state index contributed by atoms with van der Waals surface area (Å²) < 4.78 is 32.3. The summed E-state index contributed by atoms with van der Waals surface area (Å²) in [6.45, 7) is 3.52. The number of rotatable bonds is 7. The number of hydrogen-bond donors (Lipinski definition) is 1. The second kappa shape index (κ2) is 7.24. The number of aryl methyl sites for hydroxylation is 1. The third-order valence-corrected chi connectivity index (χ3v) is 5.50. The Kier molecular flexibility index (Phi) is 5.61. The van der Waals surface area contributed by atoms with Crippen molar-refractivity contribution in [2.45, 2.75) is 32.3 Å². The SMILES string of the molecule is Cc1ccc(N(CCCN)S(=O)(=O)CC2CCCO2)cc1. The lowest BCUT2D eigenvalue weighted by atomic mass is 10.2. The minimum atomic E-state index is -3.39. The topological polar surface area (TPSA) is 72.6 Å². The van der Waals surface area contributed by atoms with Crippen LogP contribution in [0.15, 0.2) is 24.3 Å². The number of ether oxygens (including phenoxy) is 1. The predicted octanol–water partition coefficient (Wildman–Crippen LogP) is 1.66. The van der Waals surface area contributed by atoms with Gasteiger partial charge in [-0.05, 0) is 44.9 Å². The lowest BCUT2D eigenvalue weighted by Crippen LogP contribution is -2.38. The van der Waals surface area contributed by atoms with Crippen molar-refractivity contribution in [2.24, 2.45) is 5.73 Å². The normalized spacial score (nSPS) is 18.9. The maximum Gasteiger partial charge on any atom is 0.237 e. The molecule has 1 aliphatic rings. The number of hydrogen-bond acceptors (Lipinski definition) is 4. The molecule has 0 spiro atoms. The predicted molar refractivity (Wildman–Crippen MR) is 85.0 cm³/mol. The summed E-state index contributed by atoms with van der Waals surface area (Å²) in [5, 5.41) is 0. The summed E-state index contributed by atoms with van der Waals surface area (Å²) in [5.41, 5.74) is 7.35. The highest BCUT2D eigenvalue weighted by Gasteiger charge is 2.28. The average Bonchev–Trinajstić information content (AvgIpc) is 2.93. The molecule has 0 radical (unpaired) electrons. The molecule has 1 aromatic rings. The third kappa shape index (κ3) is 4.43. The van der Waals surface area contributed by atoms with Gasteiger partial charge in [0.1, 0.15) is 0 Å². The van der Waals surface area contributed by atoms with Crippen molar-refractivity contribution in [2.75, 3.05) is 29.8 Å². The molecule has 0 aliphatic carbocycles. The summed E-state index contributed by atoms with van der Waals surface area (Å²) in [4.78, 5) is 0. The van der Waals surface area contributed by atoms with E-state index in [-0.39, 0.29) is 11.9 Å². The van der Waals surface area contributed by atoms with Crippen LogP contribution in [0.25, 0.3) is 0 Å². The molecular formula is C15H24N2O3S. The molecule has 21 heavy (non-hydrogen) atoms. The lowest BCUT2D eigenvalue weighted by molar-refractivity contribution is 0.127. The van der Waals surface area contributed by atoms with Crippen LogP contribution in [0.3, 0.4) is 0 Å². The first-order valence-corrected chi connectivity index (χ1v) is 9.02. The van der Waals surface area contributed by atoms with Gasteiger partial charge < -0.3 is 10.5 Å². The summed E-state index contributed by atoms with van der Waals surface area (Å²) >= 11 is 0. The highest BCUT2D eigenvalue weighted by atomic mass is 32.2. The fourth-order valence-electron chi connectivity index (χ4n) is 2.48. The van der Waals surface area contributed by atoms with E-state index in [0.29, 0.717) is 31.8 Å². The van der Waals surface area contributed by atoms with E-state index >= 15 is 0 Å². The van der Waals surface area contributed by atoms with Gasteiger partial charge in [0.15, 0.2) is 0 Å². The van der Waals surface area contributed by atoms with Crippen LogP contribution in [-0.2, 0) is 14.8 Å². The molecule has 1 aromatic carbocycles. The fourth-order valence-corrected chi connectivity index (χ4v) is 4.24. The van der Waals surface area contributed by atoms with Gasteiger partial charge >= 0.3 is 0 Å². The van der Waals surface area contributed by atoms with Crippen LogP contribution in [-0.4, -0.2) is 40.0 Å². The maximum atomic E-state index is 12.7. The van der Waals surface area contributed by atoms with Gasteiger partial charge in [-0.15, -0.1) is 0 Å². The first-order valence-electron chi connectivity index (χ1n) is 7.41. The maximum absolute atomic E-state index is 12.7. The first-order chi connectivity index (χ1) is 10.0. The van der Waals surface area contributed by atoms with Crippen molar-refractivity contribution < 1.29 is 13.2 Å². The van der Waals surface area contributed by atoms with Gasteiger partial charge in [-0.1, -0.05) is 17.7 Å². The highest BCUT2D eigenvalue weighted by molar-refractivity contribution is 7.92. The molecule has 1 fully saturated rings. The molecule has 6 heteroatoms. The van der Waals surface area contributed by atoms with Crippen LogP contribution in [0.4, 0.5) is 5.69 Å². The molecule has 0 aromatic heterocycles. The van der Waals surface area contributed by atoms with Gasteiger partial charge in [-0.2, -0.15) is 0 Å². The van der Waals surface area contributed by atoms with Gasteiger partial charge in [-0.25, -0.2) is 8.42 Å². The quantitative estimate of drug-likeness (QED) is 0.831. The standard InChI is InChI=1S/C15H24N2O3S/c1-13-5-7-14(8-6-13)17(10-3-9-16)21(18,19)12-15-4-2-11-20-15/h5-8,15H,2-4,9-12,16H2,1H3. The second-order valence-corrected chi connectivity index (χ2v) is 7.40. The molecule has 0 amide bonds. The molecule has 1 saturated heterocycles. The monoisotopic (exact) mass is 312 g/mol. The van der Waals surface area contributed by atoms with E-state index in [1.165, 1.54) is 4.31 Å². The Morgan fingerprint density at radius 1 is 1.33 bits per heavy atom. The number of benzene rings is 1. The number of sulfonamides is 1. The van der Waals surface area contributed by atoms with Crippen LogP contribution in [0.1, 0.15) is 24.8 Å². The van der Waals surface area contributed by atoms with Crippen molar-refractivity contribution in [3.63, 3.8) is 0 Å². The molecule has 5 nitrogen and oxygen atoms in total. The van der Waals surface area contributed by atoms with Crippen LogP contribution < -0.4 is 10.0 Å². The Labute approximate surface area is 127 Å². The summed E-state index contributed by atoms with van der Waals surface area (Å²) in [7, 11) is -3.39. The fraction of sp³-hybridized carbons (Fsp3) is 0.600. The van der Waals surface area contributed by atoms with Gasteiger partial charge in [0.25, 0.3) is 0 Å². The Hall–Kier alpha value is -1.11. The van der Waals surface area contributed by atoms with E-state index in [2.05, 4.69) is 0 Å². The summed E-state index contributed by atoms with van der Waals surface area (Å²) in [5.74, 6) is 0.0471. The van der Waals surface area contributed by atoms with Crippen LogP contribution >= 0.6 is 0 Å². The van der Waals surface area contributed by atoms with Gasteiger partial charge in [0.05, 0.1) is 17.5 Å². The van der Waals surface area contributed by atoms with E-state index < -0.39 is 10.0 Å². The zero-order valence-electron chi connectivity index (χ0n) is 12.5. The van der Waals surface area contributed by atoms with E-state index in [1.807, 2.05) is 31.2 Å². The Morgan fingerprint density at radius 2 is 2.05 bits per heavy atom. The molecule has 1 aliphatic heterocycles. The minimum absolute atomic E-state index is 0.0471. The molecule has 0 bridgehead atoms. The third-order valence-electron chi connectivity index (χ3n) is 3.64. The minimum Gasteiger partial charge on any atom is -0.377 e. The Morgan fingerprint density at radius 3 is 2.62 bits per heavy atom. The van der Waals surface area contributed by atoms with Crippen LogP contribution in [0, 0.1) is 6.92 Å². The Bertz CT molecular complexity index is 537. The van der Waals surface area contributed by atoms with Crippen LogP contribution in [0.5, 0.6) is 0 Å². The van der Waals surface area contributed by atoms with Crippen molar-refractivity contribution in [3.8, 4) is 0 Å². The largest absolute Gasteiger partial charge is 0.377 e. The van der Waals surface area contributed by atoms with Crippen molar-refractivity contribution in [3.05, 3.63) is 29.8 Å². The molecule has 1 unspecified atom stereocenters. The first kappa shape index (κ1) is 16.3. The zero-order chi connectivity index (χ0) is 15.3. The van der Waals surface area contributed by atoms with Gasteiger partial charge in [0, 0.05) is 13.2 Å². The smallest absolute Gasteiger partial charge is 0.237 e. The summed E-state index contributed by atoms with van der Waals surface area (Å²) in [6.07, 6.45) is 2.21.